The first-order valence-electron chi connectivity index (χ1n) is 5.92. The summed E-state index contributed by atoms with van der Waals surface area (Å²) in [6, 6.07) is 7.95. The van der Waals surface area contributed by atoms with E-state index >= 15 is 0 Å². The highest BCUT2D eigenvalue weighted by molar-refractivity contribution is 5.39. The van der Waals surface area contributed by atoms with Crippen LogP contribution < -0.4 is 5.32 Å². The fraction of sp³-hybridized carbons (Fsp3) is 0.214. The van der Waals surface area contributed by atoms with E-state index in [1.807, 2.05) is 0 Å². The summed E-state index contributed by atoms with van der Waals surface area (Å²) in [5.41, 5.74) is -0.393. The van der Waals surface area contributed by atoms with Crippen molar-refractivity contribution in [1.82, 2.24) is 4.98 Å². The fourth-order valence-electron chi connectivity index (χ4n) is 1.77. The average molecular weight is 284 g/mol. The average Bonchev–Trinajstić information content (AvgIpc) is 2.38. The van der Waals surface area contributed by atoms with Crippen molar-refractivity contribution in [3.8, 4) is 0 Å². The molecule has 1 N–H and O–H groups in total. The number of alkyl halides is 3. The van der Waals surface area contributed by atoms with Gasteiger partial charge in [-0.3, -0.25) is 0 Å². The molecule has 0 bridgehead atoms. The molecule has 0 saturated carbocycles. The largest absolute Gasteiger partial charge is 0.417 e. The molecule has 0 radical (unpaired) electrons. The molecule has 1 unspecified atom stereocenters. The maximum atomic E-state index is 13.6. The predicted octanol–water partition coefficient (Wildman–Crippen LogP) is 4.41. The quantitative estimate of drug-likeness (QED) is 0.844. The minimum Gasteiger partial charge on any atom is -0.363 e. The molecule has 2 nitrogen and oxygen atoms in total. The third kappa shape index (κ3) is 3.26. The molecule has 0 aliphatic heterocycles. The van der Waals surface area contributed by atoms with E-state index in [2.05, 4.69) is 10.3 Å². The lowest BCUT2D eigenvalue weighted by atomic mass is 10.1. The van der Waals surface area contributed by atoms with Crippen LogP contribution in [0.4, 0.5) is 23.4 Å². The maximum Gasteiger partial charge on any atom is 0.417 e. The van der Waals surface area contributed by atoms with Crippen molar-refractivity contribution in [3.63, 3.8) is 0 Å². The van der Waals surface area contributed by atoms with Gasteiger partial charge in [-0.1, -0.05) is 18.2 Å². The smallest absolute Gasteiger partial charge is 0.363 e. The Hall–Kier alpha value is -2.11. The lowest BCUT2D eigenvalue weighted by Crippen LogP contribution is -2.11. The molecule has 1 aromatic carbocycles. The van der Waals surface area contributed by atoms with Gasteiger partial charge in [-0.05, 0) is 25.1 Å². The van der Waals surface area contributed by atoms with E-state index in [1.165, 1.54) is 12.1 Å². The van der Waals surface area contributed by atoms with Crippen LogP contribution in [0, 0.1) is 5.82 Å². The Morgan fingerprint density at radius 2 is 1.80 bits per heavy atom. The number of aromatic nitrogens is 1. The van der Waals surface area contributed by atoms with E-state index in [-0.39, 0.29) is 11.6 Å². The molecule has 0 aliphatic rings. The Labute approximate surface area is 113 Å². The summed E-state index contributed by atoms with van der Waals surface area (Å²) >= 11 is 0. The van der Waals surface area contributed by atoms with Crippen LogP contribution in [0.5, 0.6) is 0 Å². The maximum absolute atomic E-state index is 13.6. The van der Waals surface area contributed by atoms with Gasteiger partial charge in [0.1, 0.15) is 11.6 Å². The minimum atomic E-state index is -4.41. The van der Waals surface area contributed by atoms with Crippen molar-refractivity contribution in [2.75, 3.05) is 5.32 Å². The SMILES string of the molecule is CC(Nc1ccc(C(F)(F)F)cn1)c1ccccc1F. The molecule has 0 spiro atoms. The van der Waals surface area contributed by atoms with Gasteiger partial charge in [0.2, 0.25) is 0 Å². The van der Waals surface area contributed by atoms with Gasteiger partial charge in [0.25, 0.3) is 0 Å². The van der Waals surface area contributed by atoms with Crippen LogP contribution in [-0.2, 0) is 6.18 Å². The standard InChI is InChI=1S/C14H12F4N2/c1-9(11-4-2-3-5-12(11)15)20-13-7-6-10(8-19-13)14(16,17)18/h2-9H,1H3,(H,19,20). The van der Waals surface area contributed by atoms with Gasteiger partial charge in [-0.25, -0.2) is 9.37 Å². The van der Waals surface area contributed by atoms with Crippen LogP contribution >= 0.6 is 0 Å². The van der Waals surface area contributed by atoms with Gasteiger partial charge < -0.3 is 5.32 Å². The molecular weight excluding hydrogens is 272 g/mol. The number of rotatable bonds is 3. The molecule has 20 heavy (non-hydrogen) atoms. The fourth-order valence-corrected chi connectivity index (χ4v) is 1.77. The molecule has 0 amide bonds. The zero-order valence-corrected chi connectivity index (χ0v) is 10.6. The molecule has 2 rings (SSSR count). The first kappa shape index (κ1) is 14.3. The molecule has 1 aromatic heterocycles. The lowest BCUT2D eigenvalue weighted by Gasteiger charge is -2.16. The molecule has 1 heterocycles. The first-order valence-corrected chi connectivity index (χ1v) is 5.92. The van der Waals surface area contributed by atoms with E-state index in [4.69, 9.17) is 0 Å². The van der Waals surface area contributed by atoms with Crippen LogP contribution in [-0.4, -0.2) is 4.98 Å². The van der Waals surface area contributed by atoms with Gasteiger partial charge in [0.15, 0.2) is 0 Å². The third-order valence-corrected chi connectivity index (χ3v) is 2.83. The second-order valence-electron chi connectivity index (χ2n) is 4.32. The Kier molecular flexibility index (Phi) is 3.92. The number of hydrogen-bond acceptors (Lipinski definition) is 2. The number of halogens is 4. The summed E-state index contributed by atoms with van der Waals surface area (Å²) in [7, 11) is 0. The Morgan fingerprint density at radius 1 is 1.10 bits per heavy atom. The number of pyridine rings is 1. The van der Waals surface area contributed by atoms with Crippen LogP contribution in [0.25, 0.3) is 0 Å². The highest BCUT2D eigenvalue weighted by Gasteiger charge is 2.30. The molecule has 6 heteroatoms. The molecule has 0 aliphatic carbocycles. The second-order valence-corrected chi connectivity index (χ2v) is 4.32. The molecule has 0 saturated heterocycles. The van der Waals surface area contributed by atoms with Gasteiger partial charge >= 0.3 is 6.18 Å². The normalized spacial score (nSPS) is 13.1. The molecule has 106 valence electrons. The lowest BCUT2D eigenvalue weighted by molar-refractivity contribution is -0.137. The highest BCUT2D eigenvalue weighted by Crippen LogP contribution is 2.29. The Bertz CT molecular complexity index is 578. The summed E-state index contributed by atoms with van der Waals surface area (Å²) in [6.07, 6.45) is -3.67. The Balaban J connectivity index is 2.13. The summed E-state index contributed by atoms with van der Waals surface area (Å²) in [4.78, 5) is 3.69. The van der Waals surface area contributed by atoms with E-state index in [1.54, 1.807) is 25.1 Å². The Morgan fingerprint density at radius 3 is 2.35 bits per heavy atom. The van der Waals surface area contributed by atoms with Crippen LogP contribution in [0.15, 0.2) is 42.6 Å². The van der Waals surface area contributed by atoms with Crippen molar-refractivity contribution in [3.05, 3.63) is 59.5 Å². The molecular formula is C14H12F4N2. The zero-order valence-electron chi connectivity index (χ0n) is 10.6. The van der Waals surface area contributed by atoms with Crippen LogP contribution in [0.2, 0.25) is 0 Å². The summed E-state index contributed by atoms with van der Waals surface area (Å²) in [5, 5.41) is 2.86. The monoisotopic (exact) mass is 284 g/mol. The highest BCUT2D eigenvalue weighted by atomic mass is 19.4. The van der Waals surface area contributed by atoms with Gasteiger partial charge in [-0.2, -0.15) is 13.2 Å². The first-order chi connectivity index (χ1) is 9.38. The molecule has 0 fully saturated rings. The van der Waals surface area contributed by atoms with E-state index in [0.717, 1.165) is 12.3 Å². The van der Waals surface area contributed by atoms with Crippen molar-refractivity contribution in [2.45, 2.75) is 19.1 Å². The van der Waals surface area contributed by atoms with Gasteiger partial charge in [-0.15, -0.1) is 0 Å². The van der Waals surface area contributed by atoms with Crippen molar-refractivity contribution in [2.24, 2.45) is 0 Å². The number of benzene rings is 1. The van der Waals surface area contributed by atoms with E-state index in [0.29, 0.717) is 5.56 Å². The second kappa shape index (κ2) is 5.48. The van der Waals surface area contributed by atoms with E-state index in [9.17, 15) is 17.6 Å². The topological polar surface area (TPSA) is 24.9 Å². The number of nitrogens with one attached hydrogen (secondary N) is 1. The van der Waals surface area contributed by atoms with Crippen molar-refractivity contribution in [1.29, 1.82) is 0 Å². The van der Waals surface area contributed by atoms with Gasteiger partial charge in [0, 0.05) is 11.8 Å². The number of nitrogens with zero attached hydrogens (tertiary/aromatic N) is 1. The number of hydrogen-bond donors (Lipinski definition) is 1. The third-order valence-electron chi connectivity index (χ3n) is 2.83. The molecule has 1 atom stereocenters. The zero-order chi connectivity index (χ0) is 14.8. The van der Waals surface area contributed by atoms with Crippen LogP contribution in [0.1, 0.15) is 24.1 Å². The summed E-state index contributed by atoms with van der Waals surface area (Å²) in [6.45, 7) is 1.71. The number of anilines is 1. The predicted molar refractivity (Wildman–Crippen MR) is 67.7 cm³/mol. The van der Waals surface area contributed by atoms with Gasteiger partial charge in [0.05, 0.1) is 11.6 Å². The summed E-state index contributed by atoms with van der Waals surface area (Å²) in [5.74, 6) is -0.117. The van der Waals surface area contributed by atoms with Crippen LogP contribution in [0.3, 0.4) is 0 Å². The summed E-state index contributed by atoms with van der Waals surface area (Å²) < 4.78 is 50.7. The van der Waals surface area contributed by atoms with E-state index < -0.39 is 17.8 Å². The van der Waals surface area contributed by atoms with Crippen molar-refractivity contribution < 1.29 is 17.6 Å². The minimum absolute atomic E-state index is 0.258. The molecule has 2 aromatic rings. The van der Waals surface area contributed by atoms with Crippen molar-refractivity contribution >= 4 is 5.82 Å².